The maximum Gasteiger partial charge on any atom is 0.269 e. The summed E-state index contributed by atoms with van der Waals surface area (Å²) < 4.78 is 12.9. The third kappa shape index (κ3) is 6.66. The van der Waals surface area contributed by atoms with Gasteiger partial charge < -0.3 is 10.2 Å². The summed E-state index contributed by atoms with van der Waals surface area (Å²) in [5.74, 6) is -0.734. The van der Waals surface area contributed by atoms with Crippen molar-refractivity contribution in [3.05, 3.63) is 70.0 Å². The van der Waals surface area contributed by atoms with Crippen LogP contribution in [0.25, 0.3) is 0 Å². The highest BCUT2D eigenvalue weighted by Crippen LogP contribution is 2.21. The first-order chi connectivity index (χ1) is 13.4. The zero-order chi connectivity index (χ0) is 20.5. The molecule has 0 aromatic heterocycles. The molecule has 2 amide bonds. The SMILES string of the molecule is CCN(CC(=O)NCc1ccc(F)cc1)C(=O)CSc1ccc([N+](=O)[O-])cc1. The molecule has 0 bridgehead atoms. The van der Waals surface area contributed by atoms with Gasteiger partial charge in [-0.15, -0.1) is 11.8 Å². The van der Waals surface area contributed by atoms with Crippen molar-refractivity contribution >= 4 is 29.3 Å². The summed E-state index contributed by atoms with van der Waals surface area (Å²) in [6.07, 6.45) is 0. The molecule has 9 heteroatoms. The zero-order valence-electron chi connectivity index (χ0n) is 15.3. The topological polar surface area (TPSA) is 92.6 Å². The summed E-state index contributed by atoms with van der Waals surface area (Å²) in [5, 5.41) is 13.4. The number of amides is 2. The minimum Gasteiger partial charge on any atom is -0.350 e. The number of hydrogen-bond acceptors (Lipinski definition) is 5. The Bertz CT molecular complexity index is 828. The minimum atomic E-state index is -0.483. The number of non-ortho nitro benzene ring substituents is 1. The maximum atomic E-state index is 12.9. The molecule has 0 spiro atoms. The smallest absolute Gasteiger partial charge is 0.269 e. The van der Waals surface area contributed by atoms with E-state index in [0.29, 0.717) is 6.54 Å². The van der Waals surface area contributed by atoms with Gasteiger partial charge in [0.05, 0.1) is 17.2 Å². The highest BCUT2D eigenvalue weighted by atomic mass is 32.2. The van der Waals surface area contributed by atoms with Gasteiger partial charge in [-0.05, 0) is 36.8 Å². The van der Waals surface area contributed by atoms with E-state index in [2.05, 4.69) is 5.32 Å². The zero-order valence-corrected chi connectivity index (χ0v) is 16.1. The van der Waals surface area contributed by atoms with Crippen molar-refractivity contribution in [2.75, 3.05) is 18.8 Å². The van der Waals surface area contributed by atoms with Crippen LogP contribution in [-0.2, 0) is 16.1 Å². The predicted molar refractivity (Wildman–Crippen MR) is 104 cm³/mol. The summed E-state index contributed by atoms with van der Waals surface area (Å²) in [4.78, 5) is 36.8. The van der Waals surface area contributed by atoms with Crippen LogP contribution in [0.1, 0.15) is 12.5 Å². The molecule has 0 aliphatic rings. The monoisotopic (exact) mass is 405 g/mol. The van der Waals surface area contributed by atoms with Crippen LogP contribution in [0.3, 0.4) is 0 Å². The number of hydrogen-bond donors (Lipinski definition) is 1. The second-order valence-corrected chi connectivity index (χ2v) is 6.90. The number of rotatable bonds is 9. The Hall–Kier alpha value is -2.94. The standard InChI is InChI=1S/C19H20FN3O4S/c1-2-22(12-18(24)21-11-14-3-5-15(20)6-4-14)19(25)13-28-17-9-7-16(8-10-17)23(26)27/h3-10H,2,11-13H2,1H3,(H,21,24). The third-order valence-electron chi connectivity index (χ3n) is 3.88. The second kappa shape index (κ2) is 10.4. The molecule has 7 nitrogen and oxygen atoms in total. The van der Waals surface area contributed by atoms with E-state index in [9.17, 15) is 24.1 Å². The molecular weight excluding hydrogens is 385 g/mol. The Kier molecular flexibility index (Phi) is 7.94. The number of carbonyl (C=O) groups excluding carboxylic acids is 2. The Labute approximate surface area is 166 Å². The fraction of sp³-hybridized carbons (Fsp3) is 0.263. The van der Waals surface area contributed by atoms with Crippen LogP contribution in [0, 0.1) is 15.9 Å². The first-order valence-electron chi connectivity index (χ1n) is 8.55. The summed E-state index contributed by atoms with van der Waals surface area (Å²) in [5.41, 5.74) is 0.751. The van der Waals surface area contributed by atoms with Crippen molar-refractivity contribution in [3.63, 3.8) is 0 Å². The Balaban J connectivity index is 1.80. The van der Waals surface area contributed by atoms with Crippen molar-refractivity contribution in [2.24, 2.45) is 0 Å². The average Bonchev–Trinajstić information content (AvgIpc) is 2.70. The van der Waals surface area contributed by atoms with Crippen LogP contribution in [0.5, 0.6) is 0 Å². The molecule has 28 heavy (non-hydrogen) atoms. The molecule has 148 valence electrons. The molecule has 0 fully saturated rings. The second-order valence-electron chi connectivity index (χ2n) is 5.85. The van der Waals surface area contributed by atoms with Gasteiger partial charge in [-0.3, -0.25) is 19.7 Å². The fourth-order valence-electron chi connectivity index (χ4n) is 2.31. The van der Waals surface area contributed by atoms with Crippen molar-refractivity contribution in [1.29, 1.82) is 0 Å². The molecule has 2 aromatic carbocycles. The molecular formula is C19H20FN3O4S. The molecule has 0 heterocycles. The van der Waals surface area contributed by atoms with Crippen LogP contribution in [0.4, 0.5) is 10.1 Å². The van der Waals surface area contributed by atoms with Crippen LogP contribution >= 0.6 is 11.8 Å². The number of halogens is 1. The number of nitrogens with zero attached hydrogens (tertiary/aromatic N) is 2. The number of nitro benzene ring substituents is 1. The molecule has 2 aromatic rings. The van der Waals surface area contributed by atoms with Crippen LogP contribution in [0.2, 0.25) is 0 Å². The lowest BCUT2D eigenvalue weighted by molar-refractivity contribution is -0.384. The van der Waals surface area contributed by atoms with Gasteiger partial charge in [0.1, 0.15) is 5.82 Å². The molecule has 0 unspecified atom stereocenters. The molecule has 0 saturated carbocycles. The highest BCUT2D eigenvalue weighted by molar-refractivity contribution is 8.00. The molecule has 2 rings (SSSR count). The van der Waals surface area contributed by atoms with E-state index in [0.717, 1.165) is 10.5 Å². The van der Waals surface area contributed by atoms with Gasteiger partial charge in [-0.25, -0.2) is 4.39 Å². The summed E-state index contributed by atoms with van der Waals surface area (Å²) in [6.45, 7) is 2.34. The maximum absolute atomic E-state index is 12.9. The lowest BCUT2D eigenvalue weighted by Gasteiger charge is -2.20. The van der Waals surface area contributed by atoms with E-state index in [1.807, 2.05) is 0 Å². The normalized spacial score (nSPS) is 10.4. The van der Waals surface area contributed by atoms with Crippen molar-refractivity contribution in [2.45, 2.75) is 18.4 Å². The Morgan fingerprint density at radius 2 is 1.79 bits per heavy atom. The number of nitrogens with one attached hydrogen (secondary N) is 1. The molecule has 0 radical (unpaired) electrons. The average molecular weight is 405 g/mol. The van der Waals surface area contributed by atoms with E-state index in [-0.39, 0.29) is 42.2 Å². The van der Waals surface area contributed by atoms with E-state index in [4.69, 9.17) is 0 Å². The summed E-state index contributed by atoms with van der Waals surface area (Å²) in [6, 6.07) is 11.7. The lowest BCUT2D eigenvalue weighted by atomic mass is 10.2. The van der Waals surface area contributed by atoms with E-state index in [1.165, 1.54) is 40.9 Å². The summed E-state index contributed by atoms with van der Waals surface area (Å²) >= 11 is 1.25. The van der Waals surface area contributed by atoms with Crippen molar-refractivity contribution in [3.8, 4) is 0 Å². The van der Waals surface area contributed by atoms with Gasteiger partial charge >= 0.3 is 0 Å². The van der Waals surface area contributed by atoms with Crippen LogP contribution < -0.4 is 5.32 Å². The Morgan fingerprint density at radius 1 is 1.14 bits per heavy atom. The molecule has 0 aliphatic heterocycles. The van der Waals surface area contributed by atoms with E-state index in [1.54, 1.807) is 31.2 Å². The quantitative estimate of drug-likeness (QED) is 0.393. The number of thioether (sulfide) groups is 1. The van der Waals surface area contributed by atoms with E-state index >= 15 is 0 Å². The first-order valence-corrected chi connectivity index (χ1v) is 9.53. The van der Waals surface area contributed by atoms with Crippen LogP contribution in [-0.4, -0.2) is 40.5 Å². The minimum absolute atomic E-state index is 0.0105. The van der Waals surface area contributed by atoms with Gasteiger partial charge in [0.2, 0.25) is 11.8 Å². The third-order valence-corrected chi connectivity index (χ3v) is 4.88. The molecule has 0 aliphatic carbocycles. The molecule has 0 saturated heterocycles. The summed E-state index contributed by atoms with van der Waals surface area (Å²) in [7, 11) is 0. The fourth-order valence-corrected chi connectivity index (χ4v) is 3.11. The van der Waals surface area contributed by atoms with Gasteiger partial charge in [-0.1, -0.05) is 12.1 Å². The van der Waals surface area contributed by atoms with Crippen LogP contribution in [0.15, 0.2) is 53.4 Å². The number of likely N-dealkylation sites (N-methyl/N-ethyl adjacent to an activating group) is 1. The number of carbonyl (C=O) groups is 2. The van der Waals surface area contributed by atoms with Crippen molar-refractivity contribution in [1.82, 2.24) is 10.2 Å². The van der Waals surface area contributed by atoms with Gasteiger partial charge in [0, 0.05) is 30.1 Å². The van der Waals surface area contributed by atoms with Gasteiger partial charge in [0.15, 0.2) is 0 Å². The number of nitro groups is 1. The first kappa shape index (κ1) is 21.4. The molecule has 1 N–H and O–H groups in total. The molecule has 0 atom stereocenters. The predicted octanol–water partition coefficient (Wildman–Crippen LogP) is 2.99. The Morgan fingerprint density at radius 3 is 2.36 bits per heavy atom. The van der Waals surface area contributed by atoms with Gasteiger partial charge in [-0.2, -0.15) is 0 Å². The lowest BCUT2D eigenvalue weighted by Crippen LogP contribution is -2.41. The largest absolute Gasteiger partial charge is 0.350 e. The van der Waals surface area contributed by atoms with E-state index < -0.39 is 4.92 Å². The highest BCUT2D eigenvalue weighted by Gasteiger charge is 2.16. The number of benzene rings is 2. The van der Waals surface area contributed by atoms with Gasteiger partial charge in [0.25, 0.3) is 5.69 Å². The van der Waals surface area contributed by atoms with Crippen molar-refractivity contribution < 1.29 is 18.9 Å².